The highest BCUT2D eigenvalue weighted by Crippen LogP contribution is 2.30. The Morgan fingerprint density at radius 3 is 2.13 bits per heavy atom. The van der Waals surface area contributed by atoms with Gasteiger partial charge in [0.1, 0.15) is 5.76 Å². The number of hydrogen-bond donors (Lipinski definition) is 1. The molecule has 1 N–H and O–H groups in total. The van der Waals surface area contributed by atoms with E-state index in [0.29, 0.717) is 17.0 Å². The summed E-state index contributed by atoms with van der Waals surface area (Å²) in [5, 5.41) is 6.59. The second kappa shape index (κ2) is 13.4. The van der Waals surface area contributed by atoms with Crippen LogP contribution in [0.5, 0.6) is 0 Å². The van der Waals surface area contributed by atoms with Crippen molar-refractivity contribution in [2.45, 2.75) is 80.2 Å². The highest BCUT2D eigenvalue weighted by atomic mass is 16.5. The molecule has 1 heterocycles. The number of amides is 1. The Morgan fingerprint density at radius 1 is 0.974 bits per heavy atom. The molecule has 206 valence electrons. The quantitative estimate of drug-likeness (QED) is 0.280. The minimum Gasteiger partial charge on any atom is -0.361 e. The second-order valence-electron chi connectivity index (χ2n) is 11.4. The van der Waals surface area contributed by atoms with Crippen LogP contribution in [0.1, 0.15) is 82.6 Å². The highest BCUT2D eigenvalue weighted by Gasteiger charge is 2.36. The highest BCUT2D eigenvalue weighted by molar-refractivity contribution is 6.38. The van der Waals surface area contributed by atoms with Crippen LogP contribution in [0.25, 0.3) is 0 Å². The van der Waals surface area contributed by atoms with Gasteiger partial charge in [-0.2, -0.15) is 0 Å². The van der Waals surface area contributed by atoms with E-state index in [2.05, 4.69) is 10.5 Å². The van der Waals surface area contributed by atoms with Crippen molar-refractivity contribution < 1.29 is 28.5 Å². The van der Waals surface area contributed by atoms with Crippen LogP contribution in [0, 0.1) is 30.1 Å². The summed E-state index contributed by atoms with van der Waals surface area (Å²) >= 11 is 0. The lowest BCUT2D eigenvalue weighted by Crippen LogP contribution is -2.46. The van der Waals surface area contributed by atoms with Gasteiger partial charge in [0.05, 0.1) is 17.7 Å². The molecule has 2 rings (SSSR count). The molecule has 1 amide bonds. The van der Waals surface area contributed by atoms with Crippen molar-refractivity contribution in [1.82, 2.24) is 10.5 Å². The molecule has 0 bridgehead atoms. The fraction of sp³-hybridized carbons (Fsp3) is 0.533. The fourth-order valence-corrected chi connectivity index (χ4v) is 4.25. The summed E-state index contributed by atoms with van der Waals surface area (Å²) in [4.78, 5) is 64.6. The van der Waals surface area contributed by atoms with Crippen molar-refractivity contribution >= 4 is 29.0 Å². The summed E-state index contributed by atoms with van der Waals surface area (Å²) in [5.41, 5.74) is 0.597. The van der Waals surface area contributed by atoms with E-state index in [1.165, 1.54) is 0 Å². The molecule has 8 heteroatoms. The van der Waals surface area contributed by atoms with Crippen molar-refractivity contribution in [1.29, 1.82) is 0 Å². The van der Waals surface area contributed by atoms with Crippen LogP contribution in [0.15, 0.2) is 40.9 Å². The van der Waals surface area contributed by atoms with E-state index in [1.54, 1.807) is 58.0 Å². The van der Waals surface area contributed by atoms with E-state index in [4.69, 9.17) is 4.52 Å². The number of ketones is 4. The Balaban J connectivity index is 2.02. The lowest BCUT2D eigenvalue weighted by molar-refractivity contribution is -0.141. The average Bonchev–Trinajstić information content (AvgIpc) is 3.27. The Labute approximate surface area is 224 Å². The molecule has 2 aromatic rings. The zero-order valence-corrected chi connectivity index (χ0v) is 23.5. The predicted octanol–water partition coefficient (Wildman–Crippen LogP) is 4.73. The fourth-order valence-electron chi connectivity index (χ4n) is 4.25. The average molecular weight is 525 g/mol. The van der Waals surface area contributed by atoms with Crippen LogP contribution in [0.3, 0.4) is 0 Å². The van der Waals surface area contributed by atoms with E-state index in [1.807, 2.05) is 26.8 Å². The molecule has 0 fully saturated rings. The summed E-state index contributed by atoms with van der Waals surface area (Å²) in [6, 6.07) is 9.62. The van der Waals surface area contributed by atoms with Gasteiger partial charge in [-0.25, -0.2) is 0 Å². The van der Waals surface area contributed by atoms with Crippen molar-refractivity contribution in [3.63, 3.8) is 0 Å². The van der Waals surface area contributed by atoms with Crippen LogP contribution in [0.2, 0.25) is 0 Å². The van der Waals surface area contributed by atoms with Gasteiger partial charge in [-0.3, -0.25) is 24.0 Å². The number of carbonyl (C=O) groups excluding carboxylic acids is 5. The Kier molecular flexibility index (Phi) is 10.9. The number of aromatic nitrogens is 1. The van der Waals surface area contributed by atoms with E-state index < -0.39 is 40.8 Å². The third kappa shape index (κ3) is 8.85. The normalized spacial score (nSPS) is 14.0. The Morgan fingerprint density at radius 2 is 1.61 bits per heavy atom. The van der Waals surface area contributed by atoms with Crippen LogP contribution in [-0.4, -0.2) is 40.2 Å². The molecule has 38 heavy (non-hydrogen) atoms. The molecule has 0 saturated heterocycles. The van der Waals surface area contributed by atoms with E-state index in [-0.39, 0.29) is 43.2 Å². The summed E-state index contributed by atoms with van der Waals surface area (Å²) in [6.07, 6.45) is 0.114. The molecule has 0 aliphatic rings. The summed E-state index contributed by atoms with van der Waals surface area (Å²) in [5.74, 6) is -3.08. The first kappa shape index (κ1) is 30.8. The zero-order valence-electron chi connectivity index (χ0n) is 23.5. The van der Waals surface area contributed by atoms with Crippen LogP contribution < -0.4 is 5.32 Å². The van der Waals surface area contributed by atoms with Gasteiger partial charge in [0.2, 0.25) is 11.7 Å². The zero-order chi connectivity index (χ0) is 28.6. The molecule has 8 nitrogen and oxygen atoms in total. The Hall–Kier alpha value is -3.42. The Bertz CT molecular complexity index is 1140. The van der Waals surface area contributed by atoms with Crippen LogP contribution in [0.4, 0.5) is 0 Å². The molecular weight excluding hydrogens is 484 g/mol. The van der Waals surface area contributed by atoms with Crippen molar-refractivity contribution in [3.8, 4) is 0 Å². The van der Waals surface area contributed by atoms with Gasteiger partial charge in [0, 0.05) is 43.2 Å². The van der Waals surface area contributed by atoms with Gasteiger partial charge in [-0.15, -0.1) is 0 Å². The van der Waals surface area contributed by atoms with Gasteiger partial charge >= 0.3 is 0 Å². The van der Waals surface area contributed by atoms with Gasteiger partial charge in [-0.1, -0.05) is 70.1 Å². The molecule has 0 unspecified atom stereocenters. The van der Waals surface area contributed by atoms with Crippen molar-refractivity contribution in [2.24, 2.45) is 23.2 Å². The lowest BCUT2D eigenvalue weighted by Gasteiger charge is -2.30. The standard InChI is InChI=1S/C30H40N2O6/c1-18(2)23(28(36)25(33)14-13-22-15-19(3)38-32-22)16-26(34)20(4)31-29(37)24(30(5,6)7)17-27(35)21-11-9-8-10-12-21/h8-12,15,18,20,23-24H,13-14,16-17H2,1-7H3,(H,31,37)/t20-,23-,24+/m0/s1. The molecule has 1 aromatic heterocycles. The molecular formula is C30H40N2O6. The maximum absolute atomic E-state index is 13.2. The molecule has 0 aliphatic carbocycles. The van der Waals surface area contributed by atoms with E-state index >= 15 is 0 Å². The third-order valence-corrected chi connectivity index (χ3v) is 6.81. The molecule has 1 aromatic carbocycles. The van der Waals surface area contributed by atoms with E-state index in [9.17, 15) is 24.0 Å². The van der Waals surface area contributed by atoms with Gasteiger partial charge in [0.25, 0.3) is 0 Å². The number of rotatable bonds is 14. The van der Waals surface area contributed by atoms with Gasteiger partial charge in [0.15, 0.2) is 17.3 Å². The minimum absolute atomic E-state index is 0.00685. The second-order valence-corrected chi connectivity index (χ2v) is 11.4. The summed E-state index contributed by atoms with van der Waals surface area (Å²) in [7, 11) is 0. The summed E-state index contributed by atoms with van der Waals surface area (Å²) < 4.78 is 4.99. The largest absolute Gasteiger partial charge is 0.361 e. The first-order chi connectivity index (χ1) is 17.7. The lowest BCUT2D eigenvalue weighted by atomic mass is 9.76. The molecule has 0 spiro atoms. The van der Waals surface area contributed by atoms with Crippen LogP contribution >= 0.6 is 0 Å². The topological polar surface area (TPSA) is 123 Å². The first-order valence-electron chi connectivity index (χ1n) is 13.1. The molecule has 0 aliphatic heterocycles. The number of nitrogens with zero attached hydrogens (tertiary/aromatic N) is 1. The molecule has 3 atom stereocenters. The summed E-state index contributed by atoms with van der Waals surface area (Å²) in [6.45, 7) is 12.5. The first-order valence-corrected chi connectivity index (χ1v) is 13.1. The minimum atomic E-state index is -0.874. The number of hydrogen-bond acceptors (Lipinski definition) is 7. The number of nitrogens with one attached hydrogen (secondary N) is 1. The number of carbonyl (C=O) groups is 5. The van der Waals surface area contributed by atoms with Gasteiger partial charge < -0.3 is 9.84 Å². The van der Waals surface area contributed by atoms with Crippen molar-refractivity contribution in [3.05, 3.63) is 53.4 Å². The molecule has 0 saturated carbocycles. The van der Waals surface area contributed by atoms with Gasteiger partial charge in [-0.05, 0) is 25.2 Å². The number of benzene rings is 1. The maximum Gasteiger partial charge on any atom is 0.224 e. The van der Waals surface area contributed by atoms with Crippen molar-refractivity contribution in [2.75, 3.05) is 0 Å². The third-order valence-electron chi connectivity index (χ3n) is 6.81. The maximum atomic E-state index is 13.2. The number of aryl methyl sites for hydroxylation is 2. The molecule has 0 radical (unpaired) electrons. The number of Topliss-reactive ketones (excluding diaryl/α,β-unsaturated/α-hetero) is 4. The predicted molar refractivity (Wildman–Crippen MR) is 143 cm³/mol. The monoisotopic (exact) mass is 524 g/mol. The smallest absolute Gasteiger partial charge is 0.224 e. The SMILES string of the molecule is Cc1cc(CCC(=O)C(=O)[C@@H](CC(=O)[C@H](C)NC(=O)[C@@H](CC(=O)c2ccccc2)C(C)(C)C)C(C)C)no1. The van der Waals surface area contributed by atoms with Crippen LogP contribution in [-0.2, 0) is 25.6 Å². The van der Waals surface area contributed by atoms with E-state index in [0.717, 1.165) is 0 Å².